The molecule has 1 nitrogen and oxygen atoms in total. The van der Waals surface area contributed by atoms with Crippen LogP contribution in [0.15, 0.2) is 103 Å². The molecule has 0 aliphatic heterocycles. The summed E-state index contributed by atoms with van der Waals surface area (Å²) in [7, 11) is 0. The summed E-state index contributed by atoms with van der Waals surface area (Å²) in [4.78, 5) is 0. The maximum Gasteiger partial charge on any atom is 0.213 e. The molecular weight excluding hydrogens is 278 g/mol. The van der Waals surface area contributed by atoms with Crippen LogP contribution in [0.5, 0.6) is 0 Å². The van der Waals surface area contributed by atoms with Gasteiger partial charge in [-0.15, -0.1) is 0 Å². The summed E-state index contributed by atoms with van der Waals surface area (Å²) in [6.45, 7) is 0. The minimum Gasteiger partial charge on any atom is -0.187 e. The SMILES string of the molecule is c1ccc(C(c2ccccc2)[n+]2cccc3ccccc32)cc1. The van der Waals surface area contributed by atoms with Crippen LogP contribution < -0.4 is 4.57 Å². The van der Waals surface area contributed by atoms with Crippen LogP contribution in [0.2, 0.25) is 0 Å². The third kappa shape index (κ3) is 2.62. The number of hydrogen-bond acceptors (Lipinski definition) is 0. The van der Waals surface area contributed by atoms with Crippen molar-refractivity contribution in [3.8, 4) is 0 Å². The van der Waals surface area contributed by atoms with Crippen LogP contribution in [0.4, 0.5) is 0 Å². The van der Waals surface area contributed by atoms with E-state index < -0.39 is 0 Å². The van der Waals surface area contributed by atoms with Gasteiger partial charge in [-0.25, -0.2) is 0 Å². The zero-order valence-corrected chi connectivity index (χ0v) is 12.8. The largest absolute Gasteiger partial charge is 0.213 e. The van der Waals surface area contributed by atoms with Crippen molar-refractivity contribution in [2.45, 2.75) is 6.04 Å². The van der Waals surface area contributed by atoms with Gasteiger partial charge < -0.3 is 0 Å². The first-order valence-corrected chi connectivity index (χ1v) is 7.92. The van der Waals surface area contributed by atoms with Crippen molar-refractivity contribution < 1.29 is 4.57 Å². The molecule has 0 saturated carbocycles. The van der Waals surface area contributed by atoms with E-state index in [-0.39, 0.29) is 6.04 Å². The topological polar surface area (TPSA) is 3.88 Å². The molecule has 1 heteroatoms. The molecule has 0 bridgehead atoms. The van der Waals surface area contributed by atoms with Gasteiger partial charge in [-0.3, -0.25) is 0 Å². The van der Waals surface area contributed by atoms with Gasteiger partial charge in [0, 0.05) is 28.6 Å². The molecule has 0 amide bonds. The van der Waals surface area contributed by atoms with Crippen molar-refractivity contribution in [3.05, 3.63) is 114 Å². The minimum atomic E-state index is 0.170. The van der Waals surface area contributed by atoms with E-state index in [1.807, 2.05) is 0 Å². The fourth-order valence-electron chi connectivity index (χ4n) is 3.19. The Kier molecular flexibility index (Phi) is 3.61. The predicted molar refractivity (Wildman–Crippen MR) is 94.3 cm³/mol. The first kappa shape index (κ1) is 13.7. The molecule has 1 heterocycles. The van der Waals surface area contributed by atoms with Crippen molar-refractivity contribution in [1.82, 2.24) is 0 Å². The van der Waals surface area contributed by atoms with Gasteiger partial charge in [0.1, 0.15) is 0 Å². The second-order valence-electron chi connectivity index (χ2n) is 5.70. The Labute approximate surface area is 136 Å². The lowest BCUT2D eigenvalue weighted by molar-refractivity contribution is -0.679. The molecular formula is C22H18N+. The van der Waals surface area contributed by atoms with Gasteiger partial charge in [0.15, 0.2) is 6.20 Å². The van der Waals surface area contributed by atoms with Crippen molar-refractivity contribution >= 4 is 10.9 Å². The number of fused-ring (bicyclic) bond motifs is 1. The van der Waals surface area contributed by atoms with E-state index in [0.717, 1.165) is 0 Å². The molecule has 4 aromatic rings. The Hall–Kier alpha value is -2.93. The number of nitrogens with zero attached hydrogens (tertiary/aromatic N) is 1. The normalized spacial score (nSPS) is 11.0. The zero-order valence-electron chi connectivity index (χ0n) is 12.8. The maximum atomic E-state index is 2.36. The lowest BCUT2D eigenvalue weighted by Gasteiger charge is -2.15. The Bertz CT molecular complexity index is 869. The van der Waals surface area contributed by atoms with E-state index in [1.165, 1.54) is 22.0 Å². The third-order valence-corrected chi connectivity index (χ3v) is 4.25. The fourth-order valence-corrected chi connectivity index (χ4v) is 3.19. The molecule has 0 saturated heterocycles. The first-order valence-electron chi connectivity index (χ1n) is 7.92. The molecule has 0 atom stereocenters. The van der Waals surface area contributed by atoms with E-state index >= 15 is 0 Å². The monoisotopic (exact) mass is 296 g/mol. The lowest BCUT2D eigenvalue weighted by Crippen LogP contribution is -2.41. The minimum absolute atomic E-state index is 0.170. The molecule has 0 fully saturated rings. The van der Waals surface area contributed by atoms with Crippen LogP contribution in [0.3, 0.4) is 0 Å². The summed E-state index contributed by atoms with van der Waals surface area (Å²) in [5.74, 6) is 0. The average molecular weight is 296 g/mol. The zero-order chi connectivity index (χ0) is 15.5. The van der Waals surface area contributed by atoms with Crippen molar-refractivity contribution in [2.75, 3.05) is 0 Å². The standard InChI is InChI=1S/C22H18N/c1-3-11-19(12-4-1)22(20-13-5-2-6-14-20)23-17-9-15-18-10-7-8-16-21(18)23/h1-17,22H/q+1. The highest BCUT2D eigenvalue weighted by Crippen LogP contribution is 2.23. The summed E-state index contributed by atoms with van der Waals surface area (Å²) < 4.78 is 2.36. The summed E-state index contributed by atoms with van der Waals surface area (Å²) in [6.07, 6.45) is 2.17. The second kappa shape index (κ2) is 6.05. The number of rotatable bonds is 3. The molecule has 0 aliphatic rings. The lowest BCUT2D eigenvalue weighted by atomic mass is 9.97. The number of pyridine rings is 1. The molecule has 23 heavy (non-hydrogen) atoms. The van der Waals surface area contributed by atoms with Crippen LogP contribution in [-0.4, -0.2) is 0 Å². The quantitative estimate of drug-likeness (QED) is 0.480. The Balaban J connectivity index is 1.98. The van der Waals surface area contributed by atoms with Gasteiger partial charge in [-0.1, -0.05) is 72.8 Å². The molecule has 4 rings (SSSR count). The van der Waals surface area contributed by atoms with Crippen LogP contribution in [0.25, 0.3) is 10.9 Å². The molecule has 0 N–H and O–H groups in total. The number of aromatic nitrogens is 1. The highest BCUT2D eigenvalue weighted by atomic mass is 15.0. The Morgan fingerprint density at radius 3 is 1.70 bits per heavy atom. The van der Waals surface area contributed by atoms with Crippen LogP contribution in [0.1, 0.15) is 17.2 Å². The number of hydrogen-bond donors (Lipinski definition) is 0. The van der Waals surface area contributed by atoms with E-state index in [9.17, 15) is 0 Å². The predicted octanol–water partition coefficient (Wildman–Crippen LogP) is 4.77. The van der Waals surface area contributed by atoms with Gasteiger partial charge in [0.25, 0.3) is 0 Å². The van der Waals surface area contributed by atoms with Crippen LogP contribution >= 0.6 is 0 Å². The van der Waals surface area contributed by atoms with Crippen molar-refractivity contribution in [3.63, 3.8) is 0 Å². The fraction of sp³-hybridized carbons (Fsp3) is 0.0455. The molecule has 1 aromatic heterocycles. The molecule has 0 radical (unpaired) electrons. The number of benzene rings is 3. The molecule has 3 aromatic carbocycles. The van der Waals surface area contributed by atoms with E-state index in [0.29, 0.717) is 0 Å². The smallest absolute Gasteiger partial charge is 0.187 e. The average Bonchev–Trinajstić information content (AvgIpc) is 2.64. The van der Waals surface area contributed by atoms with Gasteiger partial charge in [0.2, 0.25) is 11.6 Å². The van der Waals surface area contributed by atoms with Crippen LogP contribution in [0, 0.1) is 0 Å². The summed E-state index contributed by atoms with van der Waals surface area (Å²) in [5.41, 5.74) is 3.83. The van der Waals surface area contributed by atoms with E-state index in [4.69, 9.17) is 0 Å². The molecule has 0 spiro atoms. The summed E-state index contributed by atoms with van der Waals surface area (Å²) >= 11 is 0. The highest BCUT2D eigenvalue weighted by Gasteiger charge is 2.25. The van der Waals surface area contributed by atoms with Gasteiger partial charge >= 0.3 is 0 Å². The van der Waals surface area contributed by atoms with Gasteiger partial charge in [-0.05, 0) is 12.1 Å². The highest BCUT2D eigenvalue weighted by molar-refractivity contribution is 5.75. The molecule has 0 aliphatic carbocycles. The molecule has 110 valence electrons. The van der Waals surface area contributed by atoms with Gasteiger partial charge in [-0.2, -0.15) is 4.57 Å². The van der Waals surface area contributed by atoms with E-state index in [2.05, 4.69) is 108 Å². The van der Waals surface area contributed by atoms with Crippen LogP contribution in [-0.2, 0) is 0 Å². The summed E-state index contributed by atoms with van der Waals surface area (Å²) in [5, 5.41) is 1.26. The Morgan fingerprint density at radius 1 is 0.522 bits per heavy atom. The Morgan fingerprint density at radius 2 is 1.04 bits per heavy atom. The molecule has 0 unspecified atom stereocenters. The summed E-state index contributed by atoms with van der Waals surface area (Å²) in [6, 6.07) is 34.4. The second-order valence-corrected chi connectivity index (χ2v) is 5.70. The maximum absolute atomic E-state index is 2.36. The third-order valence-electron chi connectivity index (χ3n) is 4.25. The number of para-hydroxylation sites is 1. The van der Waals surface area contributed by atoms with Crippen molar-refractivity contribution in [1.29, 1.82) is 0 Å². The van der Waals surface area contributed by atoms with Gasteiger partial charge in [0.05, 0.1) is 0 Å². The van der Waals surface area contributed by atoms with Crippen molar-refractivity contribution in [2.24, 2.45) is 0 Å². The van der Waals surface area contributed by atoms with E-state index in [1.54, 1.807) is 0 Å². The first-order chi connectivity index (χ1) is 11.4.